The quantitative estimate of drug-likeness (QED) is 0.544. The van der Waals surface area contributed by atoms with Crippen LogP contribution < -0.4 is 14.8 Å². The summed E-state index contributed by atoms with van der Waals surface area (Å²) in [6.07, 6.45) is 6.61. The number of carbonyl (C=O) groups excluding carboxylic acids is 1. The van der Waals surface area contributed by atoms with Gasteiger partial charge in [-0.15, -0.1) is 11.3 Å². The number of thiazole rings is 1. The molecule has 0 saturated heterocycles. The van der Waals surface area contributed by atoms with E-state index in [1.54, 1.807) is 18.9 Å². The first-order chi connectivity index (χ1) is 15.1. The summed E-state index contributed by atoms with van der Waals surface area (Å²) >= 11 is 1.48. The van der Waals surface area contributed by atoms with E-state index < -0.39 is 0 Å². The number of methoxy groups -OCH3 is 2. The van der Waals surface area contributed by atoms with Gasteiger partial charge in [-0.2, -0.15) is 9.78 Å². The lowest BCUT2D eigenvalue weighted by Gasteiger charge is -2.20. The summed E-state index contributed by atoms with van der Waals surface area (Å²) in [5.74, 6) is 2.52. The molecule has 1 fully saturated rings. The number of nitrogens with zero attached hydrogens (tertiary/aromatic N) is 3. The molecule has 3 aromatic rings. The molecule has 2 aromatic heterocycles. The van der Waals surface area contributed by atoms with Crippen molar-refractivity contribution in [2.45, 2.75) is 45.4 Å². The van der Waals surface area contributed by atoms with Gasteiger partial charge in [0.1, 0.15) is 5.82 Å². The molecule has 1 aromatic carbocycles. The standard InChI is InChI=1S/C23H28N4O3S/c1-15-11-21(25-22(28)12-16-7-5-4-6-8-16)27(26-15)23-24-18(14-31-23)17-9-10-19(29-2)20(13-17)30-3/h9-11,13-14,16H,4-8,12H2,1-3H3,(H,25,28). The van der Waals surface area contributed by atoms with Crippen molar-refractivity contribution in [3.63, 3.8) is 0 Å². The molecule has 8 heteroatoms. The van der Waals surface area contributed by atoms with Crippen molar-refractivity contribution < 1.29 is 14.3 Å². The first-order valence-corrected chi connectivity index (χ1v) is 11.5. The molecule has 1 amide bonds. The number of hydrogen-bond acceptors (Lipinski definition) is 6. The van der Waals surface area contributed by atoms with Gasteiger partial charge in [0, 0.05) is 23.4 Å². The summed E-state index contributed by atoms with van der Waals surface area (Å²) in [4.78, 5) is 17.4. The molecule has 1 aliphatic rings. The highest BCUT2D eigenvalue weighted by Crippen LogP contribution is 2.34. The molecule has 0 atom stereocenters. The van der Waals surface area contributed by atoms with Gasteiger partial charge in [-0.1, -0.05) is 19.3 Å². The van der Waals surface area contributed by atoms with Gasteiger partial charge in [0.25, 0.3) is 0 Å². The average Bonchev–Trinajstić information content (AvgIpc) is 3.40. The minimum atomic E-state index is 0.0460. The summed E-state index contributed by atoms with van der Waals surface area (Å²) in [7, 11) is 3.23. The number of carbonyl (C=O) groups is 1. The Hall–Kier alpha value is -2.87. The van der Waals surface area contributed by atoms with E-state index in [-0.39, 0.29) is 5.91 Å². The number of rotatable bonds is 7. The molecule has 0 aliphatic heterocycles. The van der Waals surface area contributed by atoms with E-state index in [4.69, 9.17) is 14.5 Å². The summed E-state index contributed by atoms with van der Waals surface area (Å²) < 4.78 is 12.4. The van der Waals surface area contributed by atoms with Crippen molar-refractivity contribution in [1.82, 2.24) is 14.8 Å². The minimum Gasteiger partial charge on any atom is -0.493 e. The van der Waals surface area contributed by atoms with Gasteiger partial charge in [0.2, 0.25) is 11.0 Å². The Balaban J connectivity index is 1.53. The van der Waals surface area contributed by atoms with Gasteiger partial charge >= 0.3 is 0 Å². The first-order valence-electron chi connectivity index (χ1n) is 10.6. The largest absolute Gasteiger partial charge is 0.493 e. The van der Waals surface area contributed by atoms with Crippen molar-refractivity contribution in [3.8, 4) is 27.9 Å². The van der Waals surface area contributed by atoms with Gasteiger partial charge in [0.15, 0.2) is 11.5 Å². The molecule has 31 heavy (non-hydrogen) atoms. The van der Waals surface area contributed by atoms with Crippen LogP contribution in [0.15, 0.2) is 29.6 Å². The number of benzene rings is 1. The fourth-order valence-corrected chi connectivity index (χ4v) is 4.87. The molecule has 7 nitrogen and oxygen atoms in total. The molecule has 2 heterocycles. The number of anilines is 1. The molecular formula is C23H28N4O3S. The van der Waals surface area contributed by atoms with Crippen LogP contribution in [0, 0.1) is 12.8 Å². The lowest BCUT2D eigenvalue weighted by molar-refractivity contribution is -0.117. The van der Waals surface area contributed by atoms with Crippen LogP contribution in [0.25, 0.3) is 16.4 Å². The second kappa shape index (κ2) is 9.51. The summed E-state index contributed by atoms with van der Waals surface area (Å²) in [6, 6.07) is 7.60. The fourth-order valence-electron chi connectivity index (χ4n) is 4.07. The highest BCUT2D eigenvalue weighted by molar-refractivity contribution is 7.12. The third-order valence-corrected chi connectivity index (χ3v) is 6.47. The smallest absolute Gasteiger partial charge is 0.225 e. The highest BCUT2D eigenvalue weighted by atomic mass is 32.1. The summed E-state index contributed by atoms with van der Waals surface area (Å²) in [5, 5.41) is 10.3. The van der Waals surface area contributed by atoms with Crippen molar-refractivity contribution in [1.29, 1.82) is 0 Å². The number of ether oxygens (including phenoxy) is 2. The molecular weight excluding hydrogens is 412 g/mol. The molecule has 1 saturated carbocycles. The van der Waals surface area contributed by atoms with E-state index in [0.29, 0.717) is 34.8 Å². The summed E-state index contributed by atoms with van der Waals surface area (Å²) in [5.41, 5.74) is 2.57. The maximum absolute atomic E-state index is 12.6. The zero-order valence-corrected chi connectivity index (χ0v) is 19.0. The molecule has 0 radical (unpaired) electrons. The Labute approximate surface area is 186 Å². The average molecular weight is 441 g/mol. The molecule has 1 aliphatic carbocycles. The monoisotopic (exact) mass is 440 g/mol. The number of amides is 1. The van der Waals surface area contributed by atoms with Crippen LogP contribution in [0.3, 0.4) is 0 Å². The van der Waals surface area contributed by atoms with Crippen molar-refractivity contribution in [2.75, 3.05) is 19.5 Å². The number of nitrogens with one attached hydrogen (secondary N) is 1. The maximum atomic E-state index is 12.6. The van der Waals surface area contributed by atoms with Crippen LogP contribution >= 0.6 is 11.3 Å². The SMILES string of the molecule is COc1ccc(-c2csc(-n3nc(C)cc3NC(=O)CC3CCCCC3)n2)cc1OC. The van der Waals surface area contributed by atoms with E-state index in [1.807, 2.05) is 36.6 Å². The Morgan fingerprint density at radius 1 is 1.16 bits per heavy atom. The Morgan fingerprint density at radius 3 is 2.68 bits per heavy atom. The predicted octanol–water partition coefficient (Wildman–Crippen LogP) is 5.23. The van der Waals surface area contributed by atoms with E-state index in [1.165, 1.54) is 30.6 Å². The number of aryl methyl sites for hydroxylation is 1. The lowest BCUT2D eigenvalue weighted by atomic mass is 9.87. The molecule has 1 N–H and O–H groups in total. The predicted molar refractivity (Wildman–Crippen MR) is 122 cm³/mol. The number of aromatic nitrogens is 3. The van der Waals surface area contributed by atoms with Crippen molar-refractivity contribution in [2.24, 2.45) is 5.92 Å². The molecule has 0 unspecified atom stereocenters. The Kier molecular flexibility index (Phi) is 6.56. The zero-order chi connectivity index (χ0) is 21.8. The zero-order valence-electron chi connectivity index (χ0n) is 18.2. The van der Waals surface area contributed by atoms with E-state index in [2.05, 4.69) is 10.4 Å². The van der Waals surface area contributed by atoms with Crippen LogP contribution in [-0.2, 0) is 4.79 Å². The molecule has 0 spiro atoms. The van der Waals surface area contributed by atoms with Crippen molar-refractivity contribution in [3.05, 3.63) is 35.3 Å². The maximum Gasteiger partial charge on any atom is 0.225 e. The van der Waals surface area contributed by atoms with E-state index in [0.717, 1.165) is 29.8 Å². The minimum absolute atomic E-state index is 0.0460. The molecule has 4 rings (SSSR count). The van der Waals surface area contributed by atoms with Gasteiger partial charge in [-0.05, 0) is 43.9 Å². The van der Waals surface area contributed by atoms with Crippen LogP contribution in [0.5, 0.6) is 11.5 Å². The van der Waals surface area contributed by atoms with Crippen LogP contribution in [0.2, 0.25) is 0 Å². The van der Waals surface area contributed by atoms with E-state index in [9.17, 15) is 4.79 Å². The second-order valence-corrected chi connectivity index (χ2v) is 8.76. The van der Waals surface area contributed by atoms with Crippen LogP contribution in [0.4, 0.5) is 5.82 Å². The highest BCUT2D eigenvalue weighted by Gasteiger charge is 2.19. The van der Waals surface area contributed by atoms with Crippen LogP contribution in [-0.4, -0.2) is 34.9 Å². The first kappa shape index (κ1) is 21.4. The third kappa shape index (κ3) is 4.90. The van der Waals surface area contributed by atoms with Gasteiger partial charge < -0.3 is 14.8 Å². The molecule has 0 bridgehead atoms. The fraction of sp³-hybridized carbons (Fsp3) is 0.435. The van der Waals surface area contributed by atoms with Gasteiger partial charge in [-0.25, -0.2) is 4.98 Å². The van der Waals surface area contributed by atoms with E-state index >= 15 is 0 Å². The topological polar surface area (TPSA) is 78.3 Å². The number of hydrogen-bond donors (Lipinski definition) is 1. The van der Waals surface area contributed by atoms with Crippen molar-refractivity contribution >= 4 is 23.1 Å². The Bertz CT molecular complexity index is 1050. The second-order valence-electron chi connectivity index (χ2n) is 7.92. The van der Waals surface area contributed by atoms with Crippen LogP contribution in [0.1, 0.15) is 44.2 Å². The lowest BCUT2D eigenvalue weighted by Crippen LogP contribution is -2.19. The van der Waals surface area contributed by atoms with Gasteiger partial charge in [-0.3, -0.25) is 4.79 Å². The van der Waals surface area contributed by atoms with Gasteiger partial charge in [0.05, 0.1) is 25.6 Å². The Morgan fingerprint density at radius 2 is 1.94 bits per heavy atom. The summed E-state index contributed by atoms with van der Waals surface area (Å²) in [6.45, 7) is 1.91. The normalized spacial score (nSPS) is 14.4. The third-order valence-electron chi connectivity index (χ3n) is 5.65. The molecule has 164 valence electrons.